The molecule has 0 aromatic heterocycles. The van der Waals surface area contributed by atoms with Crippen LogP contribution in [0.3, 0.4) is 0 Å². The monoisotopic (exact) mass is 289 g/mol. The van der Waals surface area contributed by atoms with Crippen LogP contribution in [-0.2, 0) is 10.8 Å². The van der Waals surface area contributed by atoms with Gasteiger partial charge in [-0.25, -0.2) is 0 Å². The van der Waals surface area contributed by atoms with Crippen LogP contribution < -0.4 is 4.90 Å². The number of anilines is 1. The highest BCUT2D eigenvalue weighted by atomic mass is 16.3. The Morgan fingerprint density at radius 2 is 1.67 bits per heavy atom. The Morgan fingerprint density at radius 3 is 2.10 bits per heavy atom. The van der Waals surface area contributed by atoms with Gasteiger partial charge in [-0.15, -0.1) is 0 Å². The lowest BCUT2D eigenvalue weighted by atomic mass is 9.79. The Bertz CT molecular complexity index is 520. The van der Waals surface area contributed by atoms with Crippen molar-refractivity contribution >= 4 is 5.69 Å². The standard InChI is InChI=1S/C19H31NO/c1-13-9-8-10-20(13)16-12-14(18(2,3)4)11-15(17(16)21)19(5,6)7/h11-13,21H,8-10H2,1-7H3. The first-order chi connectivity index (χ1) is 9.51. The molecule has 1 fully saturated rings. The molecule has 1 atom stereocenters. The van der Waals surface area contributed by atoms with E-state index in [0.717, 1.165) is 17.8 Å². The molecular weight excluding hydrogens is 258 g/mol. The average Bonchev–Trinajstić information content (AvgIpc) is 2.72. The van der Waals surface area contributed by atoms with E-state index in [4.69, 9.17) is 0 Å². The molecular formula is C19H31NO. The molecule has 0 radical (unpaired) electrons. The number of hydrogen-bond donors (Lipinski definition) is 1. The number of phenols is 1. The number of benzene rings is 1. The molecule has 0 amide bonds. The Hall–Kier alpha value is -1.18. The van der Waals surface area contributed by atoms with Crippen molar-refractivity contribution in [2.45, 2.75) is 78.2 Å². The first-order valence-corrected chi connectivity index (χ1v) is 8.16. The molecule has 1 heterocycles. The van der Waals surface area contributed by atoms with Gasteiger partial charge in [0, 0.05) is 18.2 Å². The van der Waals surface area contributed by atoms with E-state index in [1.54, 1.807) is 0 Å². The third kappa shape index (κ3) is 3.20. The Balaban J connectivity index is 2.63. The van der Waals surface area contributed by atoms with E-state index in [-0.39, 0.29) is 10.8 Å². The fourth-order valence-electron chi connectivity index (χ4n) is 3.13. The van der Waals surface area contributed by atoms with Gasteiger partial charge in [0.2, 0.25) is 0 Å². The summed E-state index contributed by atoms with van der Waals surface area (Å²) in [4.78, 5) is 2.37. The maximum atomic E-state index is 10.9. The van der Waals surface area contributed by atoms with Gasteiger partial charge in [-0.05, 0) is 42.2 Å². The molecule has 2 nitrogen and oxygen atoms in total. The Labute approximate surface area is 130 Å². The average molecular weight is 289 g/mol. The maximum Gasteiger partial charge on any atom is 0.142 e. The third-order valence-electron chi connectivity index (χ3n) is 4.63. The number of phenolic OH excluding ortho intramolecular Hbond substituents is 1. The zero-order chi connectivity index (χ0) is 16.0. The zero-order valence-corrected chi connectivity index (χ0v) is 14.7. The predicted molar refractivity (Wildman–Crippen MR) is 91.5 cm³/mol. The molecule has 21 heavy (non-hydrogen) atoms. The molecule has 0 spiro atoms. The SMILES string of the molecule is CC1CCCN1c1cc(C(C)(C)C)cc(C(C)(C)C)c1O. The predicted octanol–water partition coefficient (Wildman–Crippen LogP) is 4.98. The molecule has 2 heteroatoms. The van der Waals surface area contributed by atoms with Crippen LogP contribution in [0.5, 0.6) is 5.75 Å². The lowest BCUT2D eigenvalue weighted by Crippen LogP contribution is -2.28. The number of rotatable bonds is 1. The van der Waals surface area contributed by atoms with Gasteiger partial charge >= 0.3 is 0 Å². The van der Waals surface area contributed by atoms with Crippen molar-refractivity contribution in [3.05, 3.63) is 23.3 Å². The van der Waals surface area contributed by atoms with Gasteiger partial charge in [0.1, 0.15) is 5.75 Å². The van der Waals surface area contributed by atoms with Crippen LogP contribution in [0.15, 0.2) is 12.1 Å². The molecule has 2 rings (SSSR count). The Kier molecular flexibility index (Phi) is 4.03. The molecule has 118 valence electrons. The topological polar surface area (TPSA) is 23.5 Å². The summed E-state index contributed by atoms with van der Waals surface area (Å²) < 4.78 is 0. The van der Waals surface area contributed by atoms with Crippen molar-refractivity contribution in [1.82, 2.24) is 0 Å². The van der Waals surface area contributed by atoms with E-state index < -0.39 is 0 Å². The largest absolute Gasteiger partial charge is 0.505 e. The van der Waals surface area contributed by atoms with E-state index >= 15 is 0 Å². The van der Waals surface area contributed by atoms with E-state index in [1.807, 2.05) is 0 Å². The number of aromatic hydroxyl groups is 1. The summed E-state index contributed by atoms with van der Waals surface area (Å²) in [6.45, 7) is 16.5. The van der Waals surface area contributed by atoms with Gasteiger partial charge in [-0.3, -0.25) is 0 Å². The summed E-state index contributed by atoms with van der Waals surface area (Å²) in [5, 5.41) is 10.9. The first-order valence-electron chi connectivity index (χ1n) is 8.16. The summed E-state index contributed by atoms with van der Waals surface area (Å²) in [5.74, 6) is 0.476. The van der Waals surface area contributed by atoms with Crippen LogP contribution >= 0.6 is 0 Å². The lowest BCUT2D eigenvalue weighted by molar-refractivity contribution is 0.443. The van der Waals surface area contributed by atoms with Crippen molar-refractivity contribution in [2.24, 2.45) is 0 Å². The van der Waals surface area contributed by atoms with Crippen LogP contribution in [-0.4, -0.2) is 17.7 Å². The molecule has 1 aromatic rings. The molecule has 1 aliphatic heterocycles. The second-order valence-electron chi connectivity index (χ2n) is 8.58. The highest BCUT2D eigenvalue weighted by molar-refractivity contribution is 5.66. The molecule has 0 bridgehead atoms. The molecule has 1 unspecified atom stereocenters. The van der Waals surface area contributed by atoms with Crippen LogP contribution in [0, 0.1) is 0 Å². The van der Waals surface area contributed by atoms with Crippen LogP contribution in [0.4, 0.5) is 5.69 Å². The van der Waals surface area contributed by atoms with Gasteiger partial charge in [0.15, 0.2) is 0 Å². The molecule has 1 saturated heterocycles. The van der Waals surface area contributed by atoms with Crippen molar-refractivity contribution in [3.8, 4) is 5.75 Å². The second kappa shape index (κ2) is 5.23. The minimum Gasteiger partial charge on any atom is -0.505 e. The van der Waals surface area contributed by atoms with Crippen molar-refractivity contribution in [1.29, 1.82) is 0 Å². The molecule has 0 aliphatic carbocycles. The molecule has 1 aromatic carbocycles. The van der Waals surface area contributed by atoms with Crippen LogP contribution in [0.2, 0.25) is 0 Å². The van der Waals surface area contributed by atoms with Crippen molar-refractivity contribution < 1.29 is 5.11 Å². The van der Waals surface area contributed by atoms with E-state index in [1.165, 1.54) is 18.4 Å². The maximum absolute atomic E-state index is 10.9. The zero-order valence-electron chi connectivity index (χ0n) is 14.7. The molecule has 1 aliphatic rings. The summed E-state index contributed by atoms with van der Waals surface area (Å²) in [6.07, 6.45) is 2.43. The first kappa shape index (κ1) is 16.2. The van der Waals surface area contributed by atoms with E-state index in [9.17, 15) is 5.11 Å². The molecule has 1 N–H and O–H groups in total. The van der Waals surface area contributed by atoms with Gasteiger partial charge in [-0.1, -0.05) is 47.6 Å². The van der Waals surface area contributed by atoms with E-state index in [0.29, 0.717) is 11.8 Å². The van der Waals surface area contributed by atoms with Crippen molar-refractivity contribution in [3.63, 3.8) is 0 Å². The van der Waals surface area contributed by atoms with Crippen molar-refractivity contribution in [2.75, 3.05) is 11.4 Å². The van der Waals surface area contributed by atoms with Gasteiger partial charge in [0.25, 0.3) is 0 Å². The summed E-state index contributed by atoms with van der Waals surface area (Å²) in [6, 6.07) is 4.91. The minimum absolute atomic E-state index is 0.0525. The quantitative estimate of drug-likeness (QED) is 0.788. The Morgan fingerprint density at radius 1 is 1.05 bits per heavy atom. The summed E-state index contributed by atoms with van der Waals surface area (Å²) in [7, 11) is 0. The minimum atomic E-state index is -0.0525. The van der Waals surface area contributed by atoms with E-state index in [2.05, 4.69) is 65.5 Å². The van der Waals surface area contributed by atoms with Gasteiger partial charge in [0.05, 0.1) is 5.69 Å². The smallest absolute Gasteiger partial charge is 0.142 e. The number of nitrogens with zero attached hydrogens (tertiary/aromatic N) is 1. The highest BCUT2D eigenvalue weighted by Gasteiger charge is 2.29. The lowest BCUT2D eigenvalue weighted by Gasteiger charge is -2.32. The third-order valence-corrected chi connectivity index (χ3v) is 4.63. The molecule has 0 saturated carbocycles. The second-order valence-corrected chi connectivity index (χ2v) is 8.58. The van der Waals surface area contributed by atoms with Gasteiger partial charge < -0.3 is 10.0 Å². The van der Waals surface area contributed by atoms with Crippen LogP contribution in [0.25, 0.3) is 0 Å². The highest BCUT2D eigenvalue weighted by Crippen LogP contribution is 2.43. The van der Waals surface area contributed by atoms with Crippen LogP contribution in [0.1, 0.15) is 72.4 Å². The fraction of sp³-hybridized carbons (Fsp3) is 0.684. The summed E-state index contributed by atoms with van der Waals surface area (Å²) >= 11 is 0. The normalized spacial score (nSPS) is 20.1. The van der Waals surface area contributed by atoms with Gasteiger partial charge in [-0.2, -0.15) is 0 Å². The number of hydrogen-bond acceptors (Lipinski definition) is 2. The summed E-state index contributed by atoms with van der Waals surface area (Å²) in [5.41, 5.74) is 3.43. The fourth-order valence-corrected chi connectivity index (χ4v) is 3.13.